The van der Waals surface area contributed by atoms with Crippen LogP contribution in [0.5, 0.6) is 0 Å². The quantitative estimate of drug-likeness (QED) is 0.244. The number of esters is 2. The number of hydrogen-bond donors (Lipinski definition) is 1. The summed E-state index contributed by atoms with van der Waals surface area (Å²) < 4.78 is 58.4. The Morgan fingerprint density at radius 3 is 2.13 bits per heavy atom. The van der Waals surface area contributed by atoms with Crippen molar-refractivity contribution >= 4 is 39.7 Å². The smallest absolute Gasteiger partial charge is 0.410 e. The number of aryl methyl sites for hydroxylation is 1. The molecule has 2 saturated carbocycles. The van der Waals surface area contributed by atoms with Crippen LogP contribution in [-0.2, 0) is 47.6 Å². The van der Waals surface area contributed by atoms with Gasteiger partial charge in [-0.1, -0.05) is 49.7 Å². The number of ether oxygens (including phenoxy) is 4. The van der Waals surface area contributed by atoms with Crippen LogP contribution in [0.25, 0.3) is 0 Å². The van der Waals surface area contributed by atoms with Crippen molar-refractivity contribution in [1.82, 2.24) is 4.90 Å². The van der Waals surface area contributed by atoms with Crippen LogP contribution in [0, 0.1) is 23.7 Å². The van der Waals surface area contributed by atoms with Crippen molar-refractivity contribution in [2.24, 2.45) is 16.7 Å². The van der Waals surface area contributed by atoms with Gasteiger partial charge in [0.25, 0.3) is 10.1 Å². The molecular formula is C39H45NO13S. The van der Waals surface area contributed by atoms with Gasteiger partial charge < -0.3 is 29.0 Å². The molecule has 2 aromatic rings. The first-order valence-corrected chi connectivity index (χ1v) is 19.0. The van der Waals surface area contributed by atoms with Crippen molar-refractivity contribution in [1.29, 1.82) is 0 Å². The van der Waals surface area contributed by atoms with E-state index in [0.29, 0.717) is 0 Å². The summed E-state index contributed by atoms with van der Waals surface area (Å²) in [5.74, 6) is -4.94. The largest absolute Gasteiger partial charge is 0.455 e. The van der Waals surface area contributed by atoms with E-state index in [4.69, 9.17) is 23.1 Å². The second kappa shape index (κ2) is 13.4. The van der Waals surface area contributed by atoms with E-state index in [2.05, 4.69) is 0 Å². The van der Waals surface area contributed by atoms with E-state index in [-0.39, 0.29) is 34.6 Å². The zero-order valence-corrected chi connectivity index (χ0v) is 32.2. The number of nitrogens with zero attached hydrogens (tertiary/aromatic N) is 1. The fraction of sp³-hybridized carbons (Fsp3) is 0.513. The van der Waals surface area contributed by atoms with Crippen LogP contribution in [-0.4, -0.2) is 104 Å². The number of rotatable bonds is 7. The molecule has 1 N–H and O–H groups in total. The predicted octanol–water partition coefficient (Wildman–Crippen LogP) is 3.72. The maximum absolute atomic E-state index is 15.7. The van der Waals surface area contributed by atoms with Gasteiger partial charge in [0.05, 0.1) is 34.5 Å². The number of amides is 1. The number of carbonyl (C=O) groups excluding carboxylic acids is 5. The molecule has 2 bridgehead atoms. The first kappa shape index (κ1) is 39.3. The molecule has 0 spiro atoms. The number of ketones is 2. The number of aliphatic hydroxyl groups is 1. The molecule has 54 heavy (non-hydrogen) atoms. The van der Waals surface area contributed by atoms with Crippen LogP contribution in [0.3, 0.4) is 0 Å². The zero-order valence-electron chi connectivity index (χ0n) is 31.4. The molecule has 290 valence electrons. The van der Waals surface area contributed by atoms with Gasteiger partial charge in [0.2, 0.25) is 0 Å². The lowest BCUT2D eigenvalue weighted by atomic mass is 9.44. The maximum atomic E-state index is 15.7. The number of allylic oxidation sites excluding steroid dienone is 1. The minimum Gasteiger partial charge on any atom is -0.455 e. The fourth-order valence-electron chi connectivity index (χ4n) is 8.79. The maximum Gasteiger partial charge on any atom is 0.410 e. The van der Waals surface area contributed by atoms with Gasteiger partial charge in [-0.3, -0.25) is 18.6 Å². The highest BCUT2D eigenvalue weighted by atomic mass is 32.2. The predicted molar refractivity (Wildman–Crippen MR) is 189 cm³/mol. The summed E-state index contributed by atoms with van der Waals surface area (Å²) in [6, 6.07) is 13.6. The number of fused-ring (bicyclic) bond motifs is 5. The molecule has 1 amide bonds. The van der Waals surface area contributed by atoms with Crippen molar-refractivity contribution in [2.45, 2.75) is 94.9 Å². The number of carbonyl (C=O) groups is 5. The molecule has 3 aliphatic carbocycles. The van der Waals surface area contributed by atoms with Gasteiger partial charge in [0.15, 0.2) is 23.3 Å². The van der Waals surface area contributed by atoms with E-state index in [1.807, 2.05) is 0 Å². The molecule has 3 fully saturated rings. The zero-order chi connectivity index (χ0) is 39.8. The molecule has 8 atom stereocenters. The number of benzene rings is 2. The normalized spacial score (nSPS) is 32.9. The Morgan fingerprint density at radius 2 is 1.57 bits per heavy atom. The van der Waals surface area contributed by atoms with Gasteiger partial charge >= 0.3 is 18.0 Å². The third-order valence-electron chi connectivity index (χ3n) is 11.9. The van der Waals surface area contributed by atoms with Crippen LogP contribution in [0.2, 0.25) is 0 Å². The molecule has 2 aromatic carbocycles. The molecule has 6 rings (SSSR count). The van der Waals surface area contributed by atoms with E-state index in [1.165, 1.54) is 52.2 Å². The monoisotopic (exact) mass is 767 g/mol. The van der Waals surface area contributed by atoms with Gasteiger partial charge in [-0.2, -0.15) is 8.42 Å². The third-order valence-corrected chi connectivity index (χ3v) is 13.2. The van der Waals surface area contributed by atoms with Gasteiger partial charge in [0.1, 0.15) is 17.8 Å². The Kier molecular flexibility index (Phi) is 9.74. The average molecular weight is 768 g/mol. The Bertz CT molecular complexity index is 2040. The van der Waals surface area contributed by atoms with E-state index in [0.717, 1.165) is 17.4 Å². The molecule has 4 aliphatic rings. The first-order valence-electron chi connectivity index (χ1n) is 17.6. The standard InChI is InChI=1S/C39H45NO13S/c1-21-14-16-25(17-15-21)54(47,48)53-27-18-28-38(20-49-28,52-23(3)41)31-33(51-34(44)24-12-10-9-11-13-24)39(46)19-26(42)22(2)29(36(39,4)5)30(32(43)37(27,31)6)50-35(45)40(7)8/h9-17,27-28,30-31,33,46H,18-20H2,1-8H3/t27-,28+,30+,31-,33-,37+,38-,39+/m0/s1. The molecule has 0 radical (unpaired) electrons. The van der Waals surface area contributed by atoms with E-state index in [1.54, 1.807) is 51.1 Å². The molecule has 1 aliphatic heterocycles. The van der Waals surface area contributed by atoms with Crippen molar-refractivity contribution in [3.8, 4) is 0 Å². The van der Waals surface area contributed by atoms with E-state index in [9.17, 15) is 32.7 Å². The van der Waals surface area contributed by atoms with E-state index >= 15 is 4.79 Å². The minimum atomic E-state index is -4.65. The lowest BCUT2D eigenvalue weighted by Gasteiger charge is -2.67. The SMILES string of the molecule is CC(=O)O[C@@]12CO[C@@H]1C[C@H](OS(=O)(=O)c1ccc(C)cc1)[C@@]1(C)C(=O)[C@H](OC(=O)N(C)C)C3=C(C)C(=O)C[C@@](O)([C@@H](OC(=O)c4ccccc4)[C@H]21)C3(C)C. The van der Waals surface area contributed by atoms with Crippen LogP contribution in [0.4, 0.5) is 4.79 Å². The summed E-state index contributed by atoms with van der Waals surface area (Å²) in [4.78, 5) is 71.1. The van der Waals surface area contributed by atoms with E-state index < -0.39 is 98.5 Å². The summed E-state index contributed by atoms with van der Waals surface area (Å²) in [6.07, 6.45) is -8.45. The summed E-state index contributed by atoms with van der Waals surface area (Å²) in [5, 5.41) is 13.2. The summed E-state index contributed by atoms with van der Waals surface area (Å²) in [7, 11) is -1.87. The number of hydrogen-bond acceptors (Lipinski definition) is 13. The first-order chi connectivity index (χ1) is 25.1. The second-order valence-electron chi connectivity index (χ2n) is 15.6. The van der Waals surface area contributed by atoms with Crippen LogP contribution in [0.1, 0.15) is 63.4 Å². The van der Waals surface area contributed by atoms with Crippen molar-refractivity contribution in [3.05, 3.63) is 76.9 Å². The van der Waals surface area contributed by atoms with Crippen molar-refractivity contribution in [2.75, 3.05) is 20.7 Å². The second-order valence-corrected chi connectivity index (χ2v) is 17.2. The number of Topliss-reactive ketones (excluding diaryl/α,β-unsaturated/α-hetero) is 2. The van der Waals surface area contributed by atoms with Crippen molar-refractivity contribution < 1.29 is 60.6 Å². The molecular weight excluding hydrogens is 722 g/mol. The fourth-order valence-corrected chi connectivity index (χ4v) is 9.96. The van der Waals surface area contributed by atoms with Gasteiger partial charge in [0, 0.05) is 39.3 Å². The summed E-state index contributed by atoms with van der Waals surface area (Å²) >= 11 is 0. The Hall–Kier alpha value is -4.44. The van der Waals surface area contributed by atoms with Crippen LogP contribution < -0.4 is 0 Å². The lowest BCUT2D eigenvalue weighted by Crippen LogP contribution is -2.82. The van der Waals surface area contributed by atoms with Gasteiger partial charge in [-0.05, 0) is 56.2 Å². The average Bonchev–Trinajstić information content (AvgIpc) is 3.09. The summed E-state index contributed by atoms with van der Waals surface area (Å²) in [5.41, 5.74) is -7.26. The van der Waals surface area contributed by atoms with Gasteiger partial charge in [-0.25, -0.2) is 9.59 Å². The highest BCUT2D eigenvalue weighted by Gasteiger charge is 2.79. The minimum absolute atomic E-state index is 0.0323. The van der Waals surface area contributed by atoms with Crippen LogP contribution in [0.15, 0.2) is 70.6 Å². The van der Waals surface area contributed by atoms with Crippen LogP contribution >= 0.6 is 0 Å². The molecule has 0 aromatic heterocycles. The Balaban J connectivity index is 1.68. The van der Waals surface area contributed by atoms with Gasteiger partial charge in [-0.15, -0.1) is 0 Å². The lowest BCUT2D eigenvalue weighted by molar-refractivity contribution is -0.342. The highest BCUT2D eigenvalue weighted by molar-refractivity contribution is 7.86. The summed E-state index contributed by atoms with van der Waals surface area (Å²) in [6.45, 7) is 8.45. The molecule has 15 heteroatoms. The van der Waals surface area contributed by atoms with Crippen molar-refractivity contribution in [3.63, 3.8) is 0 Å². The molecule has 0 unspecified atom stereocenters. The topological polar surface area (TPSA) is 189 Å². The Morgan fingerprint density at radius 1 is 0.944 bits per heavy atom. The Labute approximate surface area is 313 Å². The third kappa shape index (κ3) is 5.96. The highest BCUT2D eigenvalue weighted by Crippen LogP contribution is 2.64. The molecule has 14 nitrogen and oxygen atoms in total. The molecule has 1 heterocycles. The molecule has 1 saturated heterocycles.